The second-order valence-corrected chi connectivity index (χ2v) is 4.41. The third-order valence-corrected chi connectivity index (χ3v) is 2.81. The number of hydrogen-bond acceptors (Lipinski definition) is 7. The summed E-state index contributed by atoms with van der Waals surface area (Å²) < 4.78 is 5.04. The number of aromatic hydroxyl groups is 1. The maximum atomic E-state index is 11.8. The van der Waals surface area contributed by atoms with Crippen LogP contribution < -0.4 is 11.5 Å². The van der Waals surface area contributed by atoms with Gasteiger partial charge in [-0.1, -0.05) is 0 Å². The predicted molar refractivity (Wildman–Crippen MR) is 80.8 cm³/mol. The summed E-state index contributed by atoms with van der Waals surface area (Å²) >= 11 is 0. The van der Waals surface area contributed by atoms with Gasteiger partial charge in [-0.05, 0) is 18.2 Å². The number of fused-ring (bicyclic) bond motifs is 1. The Balaban J connectivity index is 2.29. The van der Waals surface area contributed by atoms with Crippen molar-refractivity contribution >= 4 is 34.6 Å². The van der Waals surface area contributed by atoms with Gasteiger partial charge in [-0.3, -0.25) is 4.79 Å². The zero-order valence-corrected chi connectivity index (χ0v) is 11.4. The third-order valence-electron chi connectivity index (χ3n) is 2.81. The molecule has 1 aromatic heterocycles. The number of carboxylic acid groups (broad SMARTS) is 1. The van der Waals surface area contributed by atoms with E-state index in [1.807, 2.05) is 0 Å². The first-order valence-electron chi connectivity index (χ1n) is 6.29. The molecule has 0 fully saturated rings. The highest BCUT2D eigenvalue weighted by Gasteiger charge is 2.06. The van der Waals surface area contributed by atoms with Gasteiger partial charge in [0.1, 0.15) is 17.0 Å². The highest BCUT2D eigenvalue weighted by atomic mass is 16.4. The largest absolute Gasteiger partial charge is 0.508 e. The summed E-state index contributed by atoms with van der Waals surface area (Å²) in [5.74, 6) is 4.14. The molecule has 1 aromatic carbocycles. The number of aliphatic carboxylic acids is 1. The van der Waals surface area contributed by atoms with Gasteiger partial charge in [0.15, 0.2) is 0 Å². The van der Waals surface area contributed by atoms with Gasteiger partial charge in [0, 0.05) is 17.9 Å². The minimum Gasteiger partial charge on any atom is -0.508 e. The molecule has 2 rings (SSSR count). The Labute approximate surface area is 124 Å². The van der Waals surface area contributed by atoms with Crippen LogP contribution in [-0.4, -0.2) is 28.1 Å². The van der Waals surface area contributed by atoms with Crippen molar-refractivity contribution in [3.8, 4) is 5.75 Å². The zero-order valence-electron chi connectivity index (χ0n) is 11.4. The van der Waals surface area contributed by atoms with Crippen LogP contribution in [0.5, 0.6) is 5.75 Å². The lowest BCUT2D eigenvalue weighted by atomic mass is 10.2. The lowest BCUT2D eigenvalue weighted by Crippen LogP contribution is -2.08. The molecule has 0 atom stereocenters. The molecule has 0 aliphatic carbocycles. The summed E-state index contributed by atoms with van der Waals surface area (Å²) in [5.41, 5.74) is -0.186. The van der Waals surface area contributed by atoms with Crippen molar-refractivity contribution in [1.29, 1.82) is 0 Å². The Hall–Kier alpha value is -3.16. The molecule has 0 unspecified atom stereocenters. The molecular weight excluding hydrogens is 290 g/mol. The van der Waals surface area contributed by atoms with Crippen molar-refractivity contribution in [2.45, 2.75) is 12.8 Å². The molecule has 0 aliphatic heterocycles. The zero-order chi connectivity index (χ0) is 16.1. The second-order valence-electron chi connectivity index (χ2n) is 4.41. The van der Waals surface area contributed by atoms with Gasteiger partial charge in [0.25, 0.3) is 0 Å². The van der Waals surface area contributed by atoms with Crippen LogP contribution in [0, 0.1) is 0 Å². The van der Waals surface area contributed by atoms with Crippen molar-refractivity contribution in [2.75, 3.05) is 0 Å². The summed E-state index contributed by atoms with van der Waals surface area (Å²) in [7, 11) is 0. The number of aliphatic imine (C=N–C) groups is 1. The Morgan fingerprint density at radius 1 is 1.32 bits per heavy atom. The van der Waals surface area contributed by atoms with E-state index in [4.69, 9.17) is 15.4 Å². The fourth-order valence-electron chi connectivity index (χ4n) is 1.72. The minimum atomic E-state index is -0.987. The Kier molecular flexibility index (Phi) is 4.52. The van der Waals surface area contributed by atoms with Crippen molar-refractivity contribution < 1.29 is 19.4 Å². The first kappa shape index (κ1) is 15.2. The molecule has 2 aromatic rings. The van der Waals surface area contributed by atoms with E-state index < -0.39 is 11.6 Å². The molecule has 0 bridgehead atoms. The predicted octanol–water partition coefficient (Wildman–Crippen LogP) is 1.38. The van der Waals surface area contributed by atoms with Gasteiger partial charge in [0.2, 0.25) is 0 Å². The topological polar surface area (TPSA) is 138 Å². The van der Waals surface area contributed by atoms with Crippen molar-refractivity contribution in [3.05, 3.63) is 34.7 Å². The molecule has 114 valence electrons. The summed E-state index contributed by atoms with van der Waals surface area (Å²) in [6.07, 6.45) is 1.18. The van der Waals surface area contributed by atoms with Crippen molar-refractivity contribution in [3.63, 3.8) is 0 Å². The number of hydrazone groups is 1. The van der Waals surface area contributed by atoms with E-state index in [0.29, 0.717) is 5.39 Å². The highest BCUT2D eigenvalue weighted by Crippen LogP contribution is 2.21. The number of phenolic OH excluding ortho intramolecular Hbond substituents is 1. The van der Waals surface area contributed by atoms with Crippen molar-refractivity contribution in [1.82, 2.24) is 0 Å². The number of phenols is 1. The van der Waals surface area contributed by atoms with Crippen LogP contribution >= 0.6 is 0 Å². The number of rotatable bonds is 5. The second kappa shape index (κ2) is 6.53. The Morgan fingerprint density at radius 2 is 2.09 bits per heavy atom. The van der Waals surface area contributed by atoms with E-state index in [-0.39, 0.29) is 35.6 Å². The van der Waals surface area contributed by atoms with E-state index in [0.717, 1.165) is 0 Å². The summed E-state index contributed by atoms with van der Waals surface area (Å²) in [6, 6.07) is 5.84. The van der Waals surface area contributed by atoms with Gasteiger partial charge in [-0.15, -0.1) is 0 Å². The SMILES string of the molecule is NN=C(C=Nc1cc2ccc(O)cc2oc1=O)CCC(=O)O. The molecule has 22 heavy (non-hydrogen) atoms. The first-order chi connectivity index (χ1) is 10.5. The average molecular weight is 303 g/mol. The molecular formula is C14H13N3O5. The van der Waals surface area contributed by atoms with E-state index in [1.54, 1.807) is 6.07 Å². The quantitative estimate of drug-likeness (QED) is 0.330. The minimum absolute atomic E-state index is 0.0156. The molecule has 0 saturated carbocycles. The number of carboxylic acids is 1. The number of nitrogens with two attached hydrogens (primary N) is 1. The smallest absolute Gasteiger partial charge is 0.362 e. The standard InChI is InChI=1S/C14H13N3O5/c15-17-9(2-4-13(19)20)7-16-11-5-8-1-3-10(18)6-12(8)22-14(11)21/h1,3,5-7,18H,2,4,15H2,(H,19,20). The van der Waals surface area contributed by atoms with Crippen LogP contribution in [0.3, 0.4) is 0 Å². The Bertz CT molecular complexity index is 823. The fourth-order valence-corrected chi connectivity index (χ4v) is 1.72. The van der Waals surface area contributed by atoms with E-state index in [9.17, 15) is 14.7 Å². The average Bonchev–Trinajstić information content (AvgIpc) is 2.47. The summed E-state index contributed by atoms with van der Waals surface area (Å²) in [4.78, 5) is 26.2. The summed E-state index contributed by atoms with van der Waals surface area (Å²) in [6.45, 7) is 0. The van der Waals surface area contributed by atoms with E-state index in [1.165, 1.54) is 24.4 Å². The van der Waals surface area contributed by atoms with Crippen LogP contribution in [0.15, 0.2) is 43.6 Å². The fraction of sp³-hybridized carbons (Fsp3) is 0.143. The lowest BCUT2D eigenvalue weighted by molar-refractivity contribution is -0.136. The molecule has 0 radical (unpaired) electrons. The van der Waals surface area contributed by atoms with Gasteiger partial charge in [0.05, 0.1) is 18.3 Å². The number of nitrogens with zero attached hydrogens (tertiary/aromatic N) is 2. The molecule has 0 amide bonds. The molecule has 0 aliphatic rings. The Morgan fingerprint density at radius 3 is 2.77 bits per heavy atom. The molecule has 0 spiro atoms. The van der Waals surface area contributed by atoms with E-state index >= 15 is 0 Å². The number of carbonyl (C=O) groups is 1. The first-order valence-corrected chi connectivity index (χ1v) is 6.29. The third kappa shape index (κ3) is 3.69. The van der Waals surface area contributed by atoms with Crippen LogP contribution in [0.1, 0.15) is 12.8 Å². The van der Waals surface area contributed by atoms with Crippen molar-refractivity contribution in [2.24, 2.45) is 15.9 Å². The maximum Gasteiger partial charge on any atom is 0.362 e. The molecule has 1 heterocycles. The number of benzene rings is 1. The molecule has 8 nitrogen and oxygen atoms in total. The molecule has 8 heteroatoms. The van der Waals surface area contributed by atoms with Gasteiger partial charge >= 0.3 is 11.6 Å². The van der Waals surface area contributed by atoms with Gasteiger partial charge < -0.3 is 20.5 Å². The lowest BCUT2D eigenvalue weighted by Gasteiger charge is -1.99. The maximum absolute atomic E-state index is 11.8. The number of hydrogen-bond donors (Lipinski definition) is 3. The van der Waals surface area contributed by atoms with Crippen LogP contribution in [0.25, 0.3) is 11.0 Å². The van der Waals surface area contributed by atoms with Crippen LogP contribution in [0.4, 0.5) is 5.69 Å². The van der Waals surface area contributed by atoms with Gasteiger partial charge in [-0.25, -0.2) is 9.79 Å². The van der Waals surface area contributed by atoms with Crippen LogP contribution in [0.2, 0.25) is 0 Å². The molecule has 4 N–H and O–H groups in total. The molecule has 0 saturated heterocycles. The van der Waals surface area contributed by atoms with Crippen LogP contribution in [-0.2, 0) is 4.79 Å². The monoisotopic (exact) mass is 303 g/mol. The van der Waals surface area contributed by atoms with E-state index in [2.05, 4.69) is 10.1 Å². The normalized spacial score (nSPS) is 12.1. The highest BCUT2D eigenvalue weighted by molar-refractivity contribution is 6.31. The summed E-state index contributed by atoms with van der Waals surface area (Å²) in [5, 5.41) is 21.9. The van der Waals surface area contributed by atoms with Gasteiger partial charge in [-0.2, -0.15) is 5.10 Å².